The SMILES string of the molecule is C=Cc1ccc(-c2ccc(N(c3ccc(-c4ccc5[nH]c6ccc(-c7ccc8sc9ccc(-c%10ccc(N(c%11ccc(-c%12ccc(C=C)cc%12)cc%11)c%11ccc%12c(c%11)C(C)(C)c%11ccccc%11-%12)cc%10)cc9c8c7)cc6c5c4)cc3)c3ccc4c(c3)C(C)(C)c3ccccc3-4)cc2)cc1. The van der Waals surface area contributed by atoms with Crippen molar-refractivity contribution in [3.05, 3.63) is 350 Å². The van der Waals surface area contributed by atoms with E-state index in [9.17, 15) is 0 Å². The van der Waals surface area contributed by atoms with E-state index < -0.39 is 0 Å². The molecule has 2 aliphatic rings. The molecule has 0 saturated heterocycles. The smallest absolute Gasteiger partial charge is 0.0465 e. The molecule has 0 amide bonds. The average Bonchev–Trinajstić information content (AvgIpc) is 1.57. The fraction of sp³-hybridized carbons (Fsp3) is 0.0638. The van der Waals surface area contributed by atoms with Gasteiger partial charge >= 0.3 is 0 Å². The van der Waals surface area contributed by atoms with Crippen molar-refractivity contribution in [3.63, 3.8) is 0 Å². The third kappa shape index (κ3) is 9.77. The number of thiophene rings is 1. The molecule has 0 atom stereocenters. The summed E-state index contributed by atoms with van der Waals surface area (Å²) in [6, 6.07) is 113. The summed E-state index contributed by atoms with van der Waals surface area (Å²) in [6.07, 6.45) is 3.78. The number of H-pyrrole nitrogens is 1. The van der Waals surface area contributed by atoms with Crippen LogP contribution in [0.5, 0.6) is 0 Å². The summed E-state index contributed by atoms with van der Waals surface area (Å²) < 4.78 is 2.56. The topological polar surface area (TPSA) is 22.3 Å². The Morgan fingerprint density at radius 3 is 0.929 bits per heavy atom. The standard InChI is InChI=1S/C94H69N3S/c1-7-59-17-21-61(22-18-59)63-25-37-71(38-26-63)96(75-45-47-79-77-13-9-11-15-85(77)93(3,4)87(79)57-75)73-41-29-65(30-42-73)67-33-49-89-81(53-67)82-54-69(34-50-90(82)95-89)70-36-52-92-84(56-70)83-55-68(35-51-91(83)98-92)66-31-43-74(44-32-66)97(72-39-27-64(28-40-72)62-23-19-60(8-2)20-24-62)76-46-48-80-78-14-10-12-16-86(78)94(5,6)88(80)58-76/h7-58,95H,1-2H2,3-6H3. The van der Waals surface area contributed by atoms with Crippen LogP contribution >= 0.6 is 11.3 Å². The number of benzene rings is 14. The molecule has 0 spiro atoms. The van der Waals surface area contributed by atoms with E-state index in [1.54, 1.807) is 0 Å². The fourth-order valence-corrected chi connectivity index (χ4v) is 16.9. The van der Waals surface area contributed by atoms with E-state index in [0.29, 0.717) is 0 Å². The minimum atomic E-state index is -0.131. The van der Waals surface area contributed by atoms with Crippen LogP contribution in [-0.2, 0) is 10.8 Å². The molecule has 2 aromatic heterocycles. The van der Waals surface area contributed by atoms with Crippen molar-refractivity contribution in [1.29, 1.82) is 0 Å². The van der Waals surface area contributed by atoms with E-state index in [4.69, 9.17) is 0 Å². The molecule has 18 rings (SSSR count). The Morgan fingerprint density at radius 1 is 0.276 bits per heavy atom. The molecule has 1 N–H and O–H groups in total. The molecule has 16 aromatic rings. The number of nitrogens with zero attached hydrogens (tertiary/aromatic N) is 2. The maximum atomic E-state index is 3.96. The number of anilines is 6. The molecule has 0 saturated carbocycles. The van der Waals surface area contributed by atoms with E-state index in [-0.39, 0.29) is 10.8 Å². The van der Waals surface area contributed by atoms with Gasteiger partial charge in [-0.15, -0.1) is 11.3 Å². The predicted molar refractivity (Wildman–Crippen MR) is 421 cm³/mol. The highest BCUT2D eigenvalue weighted by Crippen LogP contribution is 2.53. The predicted octanol–water partition coefficient (Wildman–Crippen LogP) is 26.9. The Kier molecular flexibility index (Phi) is 13.8. The van der Waals surface area contributed by atoms with Gasteiger partial charge in [0, 0.05) is 86.9 Å². The third-order valence-electron chi connectivity index (χ3n) is 21.2. The number of hydrogen-bond acceptors (Lipinski definition) is 3. The second-order valence-corrected chi connectivity index (χ2v) is 28.6. The van der Waals surface area contributed by atoms with Crippen LogP contribution < -0.4 is 9.80 Å². The lowest BCUT2D eigenvalue weighted by Gasteiger charge is -2.28. The molecule has 14 aromatic carbocycles. The Balaban J connectivity index is 0.649. The van der Waals surface area contributed by atoms with Gasteiger partial charge in [0.2, 0.25) is 0 Å². The highest BCUT2D eigenvalue weighted by molar-refractivity contribution is 7.25. The van der Waals surface area contributed by atoms with Gasteiger partial charge in [-0.3, -0.25) is 0 Å². The highest BCUT2D eigenvalue weighted by Gasteiger charge is 2.37. The third-order valence-corrected chi connectivity index (χ3v) is 22.3. The van der Waals surface area contributed by atoms with Crippen LogP contribution in [0, 0.1) is 0 Å². The molecule has 2 aliphatic carbocycles. The number of nitrogens with one attached hydrogen (secondary N) is 1. The molecule has 98 heavy (non-hydrogen) atoms. The maximum Gasteiger partial charge on any atom is 0.0465 e. The first-order chi connectivity index (χ1) is 47.9. The van der Waals surface area contributed by atoms with Gasteiger partial charge in [-0.05, 0) is 233 Å². The molecular formula is C94H69N3S. The number of fused-ring (bicyclic) bond motifs is 12. The van der Waals surface area contributed by atoms with Gasteiger partial charge < -0.3 is 14.8 Å². The Labute approximate surface area is 576 Å². The first kappa shape index (κ1) is 58.7. The lowest BCUT2D eigenvalue weighted by Crippen LogP contribution is -2.16. The molecule has 0 bridgehead atoms. The van der Waals surface area contributed by atoms with Gasteiger partial charge in [0.15, 0.2) is 0 Å². The van der Waals surface area contributed by atoms with Crippen molar-refractivity contribution in [1.82, 2.24) is 4.98 Å². The van der Waals surface area contributed by atoms with Gasteiger partial charge in [0.25, 0.3) is 0 Å². The zero-order valence-corrected chi connectivity index (χ0v) is 56.1. The van der Waals surface area contributed by atoms with Crippen LogP contribution in [0.2, 0.25) is 0 Å². The first-order valence-electron chi connectivity index (χ1n) is 33.9. The monoisotopic (exact) mass is 1270 g/mol. The second-order valence-electron chi connectivity index (χ2n) is 27.5. The molecule has 2 heterocycles. The largest absolute Gasteiger partial charge is 0.355 e. The number of aromatic nitrogens is 1. The summed E-state index contributed by atoms with van der Waals surface area (Å²) in [6.45, 7) is 17.3. The molecule has 0 unspecified atom stereocenters. The minimum Gasteiger partial charge on any atom is -0.355 e. The van der Waals surface area contributed by atoms with E-state index >= 15 is 0 Å². The van der Waals surface area contributed by atoms with Crippen LogP contribution in [-0.4, -0.2) is 4.98 Å². The van der Waals surface area contributed by atoms with Gasteiger partial charge in [0.1, 0.15) is 0 Å². The van der Waals surface area contributed by atoms with Crippen LogP contribution in [0.15, 0.2) is 316 Å². The van der Waals surface area contributed by atoms with Crippen LogP contribution in [0.1, 0.15) is 61.1 Å². The molecule has 466 valence electrons. The van der Waals surface area contributed by atoms with E-state index in [2.05, 4.69) is 359 Å². The van der Waals surface area contributed by atoms with Gasteiger partial charge in [-0.25, -0.2) is 0 Å². The summed E-state index contributed by atoms with van der Waals surface area (Å²) in [5, 5.41) is 4.96. The quantitative estimate of drug-likeness (QED) is 0.124. The fourth-order valence-electron chi connectivity index (χ4n) is 15.8. The van der Waals surface area contributed by atoms with E-state index in [0.717, 1.165) is 61.8 Å². The van der Waals surface area contributed by atoms with Crippen molar-refractivity contribution in [2.45, 2.75) is 38.5 Å². The average molecular weight is 1270 g/mol. The summed E-state index contributed by atoms with van der Waals surface area (Å²) in [5.74, 6) is 0. The first-order valence-corrected chi connectivity index (χ1v) is 34.7. The van der Waals surface area contributed by atoms with Gasteiger partial charge in [0.05, 0.1) is 0 Å². The second kappa shape index (κ2) is 22.9. The van der Waals surface area contributed by atoms with E-state index in [1.165, 1.54) is 126 Å². The molecule has 0 fully saturated rings. The number of aromatic amines is 1. The number of rotatable bonds is 13. The van der Waals surface area contributed by atoms with E-state index in [1.807, 2.05) is 23.5 Å². The van der Waals surface area contributed by atoms with Crippen LogP contribution in [0.3, 0.4) is 0 Å². The molecular weight excluding hydrogens is 1200 g/mol. The van der Waals surface area contributed by atoms with Gasteiger partial charge in [-0.1, -0.05) is 235 Å². The van der Waals surface area contributed by atoms with Crippen LogP contribution in [0.4, 0.5) is 34.1 Å². The zero-order chi connectivity index (χ0) is 66.0. The van der Waals surface area contributed by atoms with Crippen molar-refractivity contribution in [3.8, 4) is 77.9 Å². The Hall–Kier alpha value is -11.8. The normalized spacial score (nSPS) is 13.1. The van der Waals surface area contributed by atoms with Crippen molar-refractivity contribution < 1.29 is 0 Å². The number of hydrogen-bond donors (Lipinski definition) is 1. The van der Waals surface area contributed by atoms with Crippen molar-refractivity contribution in [2.75, 3.05) is 9.80 Å². The zero-order valence-electron chi connectivity index (χ0n) is 55.2. The highest BCUT2D eigenvalue weighted by atomic mass is 32.1. The summed E-state index contributed by atoms with van der Waals surface area (Å²) in [4.78, 5) is 8.57. The van der Waals surface area contributed by atoms with Crippen LogP contribution in [0.25, 0.3) is 132 Å². The lowest BCUT2D eigenvalue weighted by molar-refractivity contribution is 0.660. The van der Waals surface area contributed by atoms with Crippen molar-refractivity contribution >= 4 is 99.6 Å². The summed E-state index contributed by atoms with van der Waals surface area (Å²) in [7, 11) is 0. The Morgan fingerprint density at radius 2 is 0.561 bits per heavy atom. The Bertz CT molecular complexity index is 5500. The lowest BCUT2D eigenvalue weighted by atomic mass is 9.82. The summed E-state index contributed by atoms with van der Waals surface area (Å²) >= 11 is 1.86. The molecule has 0 radical (unpaired) electrons. The van der Waals surface area contributed by atoms with Gasteiger partial charge in [-0.2, -0.15) is 0 Å². The summed E-state index contributed by atoms with van der Waals surface area (Å²) in [5.41, 5.74) is 33.4. The van der Waals surface area contributed by atoms with Crippen molar-refractivity contribution in [2.24, 2.45) is 0 Å². The molecule has 4 heteroatoms. The molecule has 3 nitrogen and oxygen atoms in total. The minimum absolute atomic E-state index is 0.129. The molecule has 0 aliphatic heterocycles. The maximum absolute atomic E-state index is 3.96.